The Morgan fingerprint density at radius 2 is 1.96 bits per heavy atom. The van der Waals surface area contributed by atoms with Crippen molar-refractivity contribution in [3.8, 4) is 16.9 Å². The minimum atomic E-state index is -0.0662. The normalized spacial score (nSPS) is 17.5. The van der Waals surface area contributed by atoms with E-state index in [4.69, 9.17) is 9.47 Å². The van der Waals surface area contributed by atoms with Crippen LogP contribution in [0.4, 0.5) is 0 Å². The summed E-state index contributed by atoms with van der Waals surface area (Å²) in [6.07, 6.45) is 5.73. The molecule has 27 heavy (non-hydrogen) atoms. The molecule has 1 aromatic carbocycles. The van der Waals surface area contributed by atoms with Gasteiger partial charge in [0.05, 0.1) is 19.1 Å². The summed E-state index contributed by atoms with van der Waals surface area (Å²) in [4.78, 5) is 18.8. The van der Waals surface area contributed by atoms with Crippen molar-refractivity contribution < 1.29 is 14.3 Å². The van der Waals surface area contributed by atoms with E-state index >= 15 is 0 Å². The Balaban J connectivity index is 1.66. The Morgan fingerprint density at radius 1 is 1.15 bits per heavy atom. The highest BCUT2D eigenvalue weighted by atomic mass is 16.5. The van der Waals surface area contributed by atoms with E-state index in [1.54, 1.807) is 0 Å². The number of likely N-dealkylation sites (tertiary alicyclic amines) is 1. The van der Waals surface area contributed by atoms with Gasteiger partial charge in [-0.25, -0.2) is 0 Å². The van der Waals surface area contributed by atoms with Crippen molar-refractivity contribution in [3.63, 3.8) is 0 Å². The van der Waals surface area contributed by atoms with Crippen LogP contribution in [-0.4, -0.2) is 42.2 Å². The number of pyridine rings is 1. The number of piperidine rings is 1. The number of aromatic nitrogens is 1. The van der Waals surface area contributed by atoms with Crippen molar-refractivity contribution in [1.29, 1.82) is 0 Å². The third-order valence-corrected chi connectivity index (χ3v) is 4.83. The smallest absolute Gasteiger partial charge is 0.310 e. The van der Waals surface area contributed by atoms with Crippen LogP contribution >= 0.6 is 0 Å². The second-order valence-corrected chi connectivity index (χ2v) is 6.87. The van der Waals surface area contributed by atoms with E-state index in [-0.39, 0.29) is 11.9 Å². The number of hydrogen-bond acceptors (Lipinski definition) is 5. The van der Waals surface area contributed by atoms with Crippen LogP contribution in [0.3, 0.4) is 0 Å². The van der Waals surface area contributed by atoms with Crippen molar-refractivity contribution in [1.82, 2.24) is 9.88 Å². The molecule has 0 radical (unpaired) electrons. The van der Waals surface area contributed by atoms with Crippen molar-refractivity contribution in [2.45, 2.75) is 33.2 Å². The molecule has 5 nitrogen and oxygen atoms in total. The summed E-state index contributed by atoms with van der Waals surface area (Å²) in [6, 6.07) is 10.3. The van der Waals surface area contributed by atoms with Gasteiger partial charge in [-0.2, -0.15) is 0 Å². The summed E-state index contributed by atoms with van der Waals surface area (Å²) in [7, 11) is 0. The van der Waals surface area contributed by atoms with E-state index in [2.05, 4.69) is 28.1 Å². The number of hydrogen-bond donors (Lipinski definition) is 0. The number of carbonyl (C=O) groups is 1. The molecule has 0 unspecified atom stereocenters. The molecule has 1 saturated heterocycles. The van der Waals surface area contributed by atoms with Gasteiger partial charge in [-0.05, 0) is 62.6 Å². The molecule has 1 aromatic heterocycles. The van der Waals surface area contributed by atoms with E-state index in [9.17, 15) is 4.79 Å². The molecular weight excluding hydrogens is 340 g/mol. The van der Waals surface area contributed by atoms with E-state index in [1.165, 1.54) is 0 Å². The van der Waals surface area contributed by atoms with Crippen LogP contribution in [0.15, 0.2) is 42.7 Å². The Morgan fingerprint density at radius 3 is 2.70 bits per heavy atom. The van der Waals surface area contributed by atoms with Gasteiger partial charge in [-0.15, -0.1) is 0 Å². The lowest BCUT2D eigenvalue weighted by molar-refractivity contribution is -0.150. The molecule has 2 aromatic rings. The summed E-state index contributed by atoms with van der Waals surface area (Å²) in [5, 5.41) is 0. The number of carbonyl (C=O) groups excluding carboxylic acids is 1. The molecule has 0 aliphatic carbocycles. The van der Waals surface area contributed by atoms with E-state index in [0.717, 1.165) is 54.9 Å². The third kappa shape index (κ3) is 5.30. The first-order valence-corrected chi connectivity index (χ1v) is 9.75. The van der Waals surface area contributed by atoms with Crippen LogP contribution in [0.1, 0.15) is 32.3 Å². The second kappa shape index (κ2) is 9.51. The Labute approximate surface area is 161 Å². The lowest BCUT2D eigenvalue weighted by atomic mass is 9.97. The summed E-state index contributed by atoms with van der Waals surface area (Å²) < 4.78 is 10.7. The van der Waals surface area contributed by atoms with Crippen molar-refractivity contribution >= 4 is 5.97 Å². The zero-order chi connectivity index (χ0) is 19.1. The molecular formula is C22H28N2O3. The standard InChI is InChI=1S/C22H28N2O3/c1-3-26-21-9-7-18(8-10-21)20-12-17(13-23-14-20)15-24-11-5-6-19(16-24)22(25)27-4-2/h7-10,12-14,19H,3-6,11,15-16H2,1-2H3/t19-/m1/s1. The molecule has 1 aliphatic rings. The average molecular weight is 368 g/mol. The predicted octanol–water partition coefficient (Wildman–Crippen LogP) is 3.92. The number of nitrogens with zero attached hydrogens (tertiary/aromatic N) is 2. The van der Waals surface area contributed by atoms with Gasteiger partial charge in [-0.3, -0.25) is 14.7 Å². The largest absolute Gasteiger partial charge is 0.494 e. The minimum absolute atomic E-state index is 0.0130. The van der Waals surface area contributed by atoms with Gasteiger partial charge in [0, 0.05) is 31.0 Å². The van der Waals surface area contributed by atoms with Gasteiger partial charge < -0.3 is 9.47 Å². The van der Waals surface area contributed by atoms with Crippen molar-refractivity contribution in [2.75, 3.05) is 26.3 Å². The molecule has 3 rings (SSSR count). The van der Waals surface area contributed by atoms with E-state index in [0.29, 0.717) is 13.2 Å². The summed E-state index contributed by atoms with van der Waals surface area (Å²) in [5.74, 6) is 0.799. The molecule has 1 aliphatic heterocycles. The first kappa shape index (κ1) is 19.4. The Hall–Kier alpha value is -2.40. The highest BCUT2D eigenvalue weighted by Crippen LogP contribution is 2.24. The fourth-order valence-corrected chi connectivity index (χ4v) is 3.55. The molecule has 0 saturated carbocycles. The number of benzene rings is 1. The molecule has 5 heteroatoms. The zero-order valence-corrected chi connectivity index (χ0v) is 16.2. The average Bonchev–Trinajstić information content (AvgIpc) is 2.69. The van der Waals surface area contributed by atoms with Gasteiger partial charge in [0.1, 0.15) is 5.75 Å². The second-order valence-electron chi connectivity index (χ2n) is 6.87. The van der Waals surface area contributed by atoms with Crippen LogP contribution in [0.25, 0.3) is 11.1 Å². The van der Waals surface area contributed by atoms with Gasteiger partial charge in [0.15, 0.2) is 0 Å². The predicted molar refractivity (Wildman–Crippen MR) is 105 cm³/mol. The van der Waals surface area contributed by atoms with Gasteiger partial charge >= 0.3 is 5.97 Å². The SMILES string of the molecule is CCOC(=O)[C@@H]1CCCN(Cc2cncc(-c3ccc(OCC)cc3)c2)C1. The van der Waals surface area contributed by atoms with Gasteiger partial charge in [0.2, 0.25) is 0 Å². The monoisotopic (exact) mass is 368 g/mol. The summed E-state index contributed by atoms with van der Waals surface area (Å²) >= 11 is 0. The molecule has 0 amide bonds. The Kier molecular flexibility index (Phi) is 6.82. The highest BCUT2D eigenvalue weighted by Gasteiger charge is 2.26. The molecule has 2 heterocycles. The van der Waals surface area contributed by atoms with Crippen LogP contribution in [-0.2, 0) is 16.1 Å². The van der Waals surface area contributed by atoms with Crippen LogP contribution in [0, 0.1) is 5.92 Å². The number of ether oxygens (including phenoxy) is 2. The maximum Gasteiger partial charge on any atom is 0.310 e. The Bertz CT molecular complexity index is 745. The van der Waals surface area contributed by atoms with Gasteiger partial charge in [0.25, 0.3) is 0 Å². The maximum atomic E-state index is 12.0. The molecule has 0 bridgehead atoms. The lowest BCUT2D eigenvalue weighted by Crippen LogP contribution is -2.38. The number of rotatable bonds is 7. The topological polar surface area (TPSA) is 51.7 Å². The van der Waals surface area contributed by atoms with Crippen LogP contribution < -0.4 is 4.74 Å². The van der Waals surface area contributed by atoms with Crippen LogP contribution in [0.5, 0.6) is 5.75 Å². The summed E-state index contributed by atoms with van der Waals surface area (Å²) in [6.45, 7) is 7.51. The fourth-order valence-electron chi connectivity index (χ4n) is 3.55. The minimum Gasteiger partial charge on any atom is -0.494 e. The lowest BCUT2D eigenvalue weighted by Gasteiger charge is -2.31. The molecule has 0 spiro atoms. The van der Waals surface area contributed by atoms with E-state index < -0.39 is 0 Å². The van der Waals surface area contributed by atoms with E-state index in [1.807, 2.05) is 38.4 Å². The van der Waals surface area contributed by atoms with Gasteiger partial charge in [-0.1, -0.05) is 12.1 Å². The molecule has 144 valence electrons. The molecule has 1 fully saturated rings. The van der Waals surface area contributed by atoms with Crippen LogP contribution in [0.2, 0.25) is 0 Å². The third-order valence-electron chi connectivity index (χ3n) is 4.83. The zero-order valence-electron chi connectivity index (χ0n) is 16.2. The highest BCUT2D eigenvalue weighted by molar-refractivity contribution is 5.72. The first-order valence-electron chi connectivity index (χ1n) is 9.75. The van der Waals surface area contributed by atoms with Crippen molar-refractivity contribution in [2.24, 2.45) is 5.92 Å². The summed E-state index contributed by atoms with van der Waals surface area (Å²) in [5.41, 5.74) is 3.37. The molecule has 1 atom stereocenters. The fraction of sp³-hybridized carbons (Fsp3) is 0.455. The first-order chi connectivity index (χ1) is 13.2. The van der Waals surface area contributed by atoms with Crippen molar-refractivity contribution in [3.05, 3.63) is 48.3 Å². The number of esters is 1. The maximum absolute atomic E-state index is 12.0. The quantitative estimate of drug-likeness (QED) is 0.693. The molecule has 0 N–H and O–H groups in total.